The van der Waals surface area contributed by atoms with Crippen LogP contribution in [0, 0.1) is 11.2 Å². The number of nitriles is 1. The number of aliphatic hydroxyl groups is 1. The van der Waals surface area contributed by atoms with E-state index in [0.717, 1.165) is 0 Å². The van der Waals surface area contributed by atoms with E-state index in [2.05, 4.69) is 0 Å². The molecule has 0 rings (SSSR count). The highest BCUT2D eigenvalue weighted by Crippen LogP contribution is 1.79. The van der Waals surface area contributed by atoms with Crippen molar-refractivity contribution >= 4 is 7.28 Å². The summed E-state index contributed by atoms with van der Waals surface area (Å²) >= 11 is 0. The lowest BCUT2D eigenvalue weighted by Crippen LogP contribution is -2.02. The van der Waals surface area contributed by atoms with Crippen molar-refractivity contribution in [3.63, 3.8) is 0 Å². The molecule has 0 spiro atoms. The second-order valence-corrected chi connectivity index (χ2v) is 1.46. The highest BCUT2D eigenvalue weighted by Gasteiger charge is 1.87. The highest BCUT2D eigenvalue weighted by molar-refractivity contribution is 6.45. The van der Waals surface area contributed by atoms with E-state index in [4.69, 9.17) is 15.1 Å². The first-order valence-electron chi connectivity index (χ1n) is 2.81. The lowest BCUT2D eigenvalue weighted by atomic mass is 9.78. The quantitative estimate of drug-likeness (QED) is 0.402. The lowest BCUT2D eigenvalue weighted by Gasteiger charge is -1.96. The van der Waals surface area contributed by atoms with Crippen LogP contribution >= 0.6 is 0 Å². The zero-order chi connectivity index (χ0) is 6.95. The summed E-state index contributed by atoms with van der Waals surface area (Å²) in [6, 6.07) is 0. The first kappa shape index (κ1) is 8.47. The van der Waals surface area contributed by atoms with Crippen molar-refractivity contribution in [2.75, 3.05) is 19.8 Å². The molecule has 0 aromatic carbocycles. The van der Waals surface area contributed by atoms with Crippen LogP contribution in [0.25, 0.3) is 0 Å². The molecular formula is C5H9BNO2. The van der Waals surface area contributed by atoms with Gasteiger partial charge in [-0.15, -0.1) is 0 Å². The molecule has 0 aromatic heterocycles. The Bertz CT molecular complexity index is 91.4. The van der Waals surface area contributed by atoms with Gasteiger partial charge in [-0.3, -0.25) is 0 Å². The topological polar surface area (TPSA) is 53.2 Å². The average Bonchev–Trinajstić information content (AvgIpc) is 1.89. The summed E-state index contributed by atoms with van der Waals surface area (Å²) < 4.78 is 4.85. The van der Waals surface area contributed by atoms with Gasteiger partial charge in [-0.05, 0) is 12.3 Å². The third kappa shape index (κ3) is 7.47. The highest BCUT2D eigenvalue weighted by atomic mass is 16.5. The number of rotatable bonds is 5. The van der Waals surface area contributed by atoms with Gasteiger partial charge in [-0.25, -0.2) is 5.26 Å². The summed E-state index contributed by atoms with van der Waals surface area (Å²) in [6.45, 7) is 0.930. The Hall–Kier alpha value is -0.525. The molecule has 0 saturated heterocycles. The Labute approximate surface area is 55.5 Å². The fraction of sp³-hybridized carbons (Fsp3) is 0.800. The van der Waals surface area contributed by atoms with E-state index in [0.29, 0.717) is 19.5 Å². The van der Waals surface area contributed by atoms with E-state index in [1.54, 1.807) is 0 Å². The van der Waals surface area contributed by atoms with Crippen molar-refractivity contribution in [1.29, 1.82) is 5.26 Å². The van der Waals surface area contributed by atoms with Gasteiger partial charge in [0.05, 0.1) is 13.2 Å². The molecule has 0 aliphatic heterocycles. The molecule has 0 amide bonds. The van der Waals surface area contributed by atoms with Crippen molar-refractivity contribution in [2.24, 2.45) is 0 Å². The van der Waals surface area contributed by atoms with Crippen LogP contribution in [0.15, 0.2) is 0 Å². The summed E-state index contributed by atoms with van der Waals surface area (Å²) in [6.07, 6.45) is 0.635. The molecule has 0 aromatic rings. The van der Waals surface area contributed by atoms with Gasteiger partial charge in [0.25, 0.3) is 7.28 Å². The predicted octanol–water partition coefficient (Wildman–Crippen LogP) is -0.401. The minimum Gasteiger partial charge on any atom is -0.394 e. The fourth-order valence-electron chi connectivity index (χ4n) is 0.373. The Kier molecular flexibility index (Phi) is 7.04. The smallest absolute Gasteiger partial charge is 0.257 e. The molecule has 0 aliphatic rings. The molecule has 49 valence electrons. The van der Waals surface area contributed by atoms with E-state index in [1.807, 2.05) is 5.97 Å². The average molecular weight is 126 g/mol. The van der Waals surface area contributed by atoms with E-state index in [1.165, 1.54) is 7.28 Å². The zero-order valence-corrected chi connectivity index (χ0v) is 5.21. The molecule has 0 fully saturated rings. The van der Waals surface area contributed by atoms with Crippen LogP contribution < -0.4 is 0 Å². The second kappa shape index (κ2) is 7.47. The van der Waals surface area contributed by atoms with Gasteiger partial charge in [0.15, 0.2) is 0 Å². The van der Waals surface area contributed by atoms with Crippen molar-refractivity contribution in [3.05, 3.63) is 0 Å². The van der Waals surface area contributed by atoms with Crippen LogP contribution in [-0.2, 0) is 4.74 Å². The Balaban J connectivity index is 2.69. The van der Waals surface area contributed by atoms with Crippen molar-refractivity contribution in [3.8, 4) is 5.97 Å². The van der Waals surface area contributed by atoms with Crippen molar-refractivity contribution in [1.82, 2.24) is 0 Å². The summed E-state index contributed by atoms with van der Waals surface area (Å²) in [5.41, 5.74) is 0. The van der Waals surface area contributed by atoms with Gasteiger partial charge in [0, 0.05) is 6.61 Å². The summed E-state index contributed by atoms with van der Waals surface area (Å²) in [7, 11) is 1.47. The SMILES string of the molecule is N#C[B]CCOCCO. The third-order valence-corrected chi connectivity index (χ3v) is 0.733. The number of nitrogens with zero attached hydrogens (tertiary/aromatic N) is 1. The van der Waals surface area contributed by atoms with Gasteiger partial charge in [-0.1, -0.05) is 0 Å². The molecule has 0 heterocycles. The lowest BCUT2D eigenvalue weighted by molar-refractivity contribution is 0.102. The molecule has 4 heteroatoms. The number of hydrogen-bond acceptors (Lipinski definition) is 3. The Morgan fingerprint density at radius 2 is 2.33 bits per heavy atom. The molecule has 0 unspecified atom stereocenters. The predicted molar refractivity (Wildman–Crippen MR) is 34.1 cm³/mol. The van der Waals surface area contributed by atoms with E-state index in [9.17, 15) is 0 Å². The van der Waals surface area contributed by atoms with Gasteiger partial charge in [0.1, 0.15) is 0 Å². The molecule has 3 nitrogen and oxygen atoms in total. The molecule has 1 N–H and O–H groups in total. The number of aliphatic hydroxyl groups excluding tert-OH is 1. The van der Waals surface area contributed by atoms with Gasteiger partial charge in [-0.2, -0.15) is 0 Å². The molecular weight excluding hydrogens is 117 g/mol. The van der Waals surface area contributed by atoms with Crippen LogP contribution in [0.1, 0.15) is 0 Å². The van der Waals surface area contributed by atoms with Crippen LogP contribution in [0.2, 0.25) is 6.32 Å². The van der Waals surface area contributed by atoms with E-state index in [-0.39, 0.29) is 6.61 Å². The van der Waals surface area contributed by atoms with E-state index < -0.39 is 0 Å². The Morgan fingerprint density at radius 3 is 2.89 bits per heavy atom. The minimum absolute atomic E-state index is 0.0482. The number of ether oxygens (including phenoxy) is 1. The monoisotopic (exact) mass is 126 g/mol. The normalized spacial score (nSPS) is 8.44. The molecule has 0 bridgehead atoms. The maximum absolute atomic E-state index is 8.22. The first-order valence-corrected chi connectivity index (χ1v) is 2.81. The van der Waals surface area contributed by atoms with Crippen LogP contribution in [-0.4, -0.2) is 32.2 Å². The van der Waals surface area contributed by atoms with Crippen LogP contribution in [0.3, 0.4) is 0 Å². The zero-order valence-electron chi connectivity index (χ0n) is 5.21. The number of hydrogen-bond donors (Lipinski definition) is 1. The standard InChI is InChI=1S/C5H9BNO2/c7-5-6-1-3-9-4-2-8/h8H,1-4H2. The maximum atomic E-state index is 8.22. The van der Waals surface area contributed by atoms with Crippen LogP contribution in [0.4, 0.5) is 0 Å². The van der Waals surface area contributed by atoms with Crippen LogP contribution in [0.5, 0.6) is 0 Å². The van der Waals surface area contributed by atoms with Crippen molar-refractivity contribution < 1.29 is 9.84 Å². The minimum atomic E-state index is 0.0482. The molecule has 0 aliphatic carbocycles. The molecule has 0 saturated carbocycles. The maximum Gasteiger partial charge on any atom is 0.257 e. The van der Waals surface area contributed by atoms with E-state index >= 15 is 0 Å². The van der Waals surface area contributed by atoms with Gasteiger partial charge in [0.2, 0.25) is 0 Å². The summed E-state index contributed by atoms with van der Waals surface area (Å²) in [5, 5.41) is 16.2. The summed E-state index contributed by atoms with van der Waals surface area (Å²) in [4.78, 5) is 0. The second-order valence-electron chi connectivity index (χ2n) is 1.46. The molecule has 0 atom stereocenters. The Morgan fingerprint density at radius 1 is 1.56 bits per heavy atom. The van der Waals surface area contributed by atoms with Gasteiger partial charge < -0.3 is 9.84 Å². The fourth-order valence-corrected chi connectivity index (χ4v) is 0.373. The largest absolute Gasteiger partial charge is 0.394 e. The van der Waals surface area contributed by atoms with Gasteiger partial charge >= 0.3 is 0 Å². The van der Waals surface area contributed by atoms with Crippen molar-refractivity contribution in [2.45, 2.75) is 6.32 Å². The molecule has 1 radical (unpaired) electrons. The first-order chi connectivity index (χ1) is 4.41. The summed E-state index contributed by atoms with van der Waals surface area (Å²) in [5.74, 6) is 1.88. The third-order valence-electron chi connectivity index (χ3n) is 0.733. The molecule has 9 heavy (non-hydrogen) atoms.